The molecule has 1 aromatic carbocycles. The summed E-state index contributed by atoms with van der Waals surface area (Å²) >= 11 is 17.6. The van der Waals surface area contributed by atoms with Gasteiger partial charge < -0.3 is 16.2 Å². The highest BCUT2D eigenvalue weighted by atomic mass is 35.5. The number of anilines is 2. The number of hydrogen-bond acceptors (Lipinski definition) is 5. The van der Waals surface area contributed by atoms with E-state index < -0.39 is 0 Å². The maximum Gasteiger partial charge on any atom is 0.226 e. The van der Waals surface area contributed by atoms with Crippen molar-refractivity contribution in [2.24, 2.45) is 0 Å². The summed E-state index contributed by atoms with van der Waals surface area (Å²) < 4.78 is 5.42. The van der Waals surface area contributed by atoms with Gasteiger partial charge in [-0.05, 0) is 6.07 Å². The molecule has 1 heterocycles. The quantitative estimate of drug-likeness (QED) is 0.830. The van der Waals surface area contributed by atoms with Crippen molar-refractivity contribution in [2.75, 3.05) is 11.5 Å². The molecular formula is C10H7Cl3N4O. The average molecular weight is 306 g/mol. The largest absolute Gasteiger partial charge is 0.437 e. The minimum absolute atomic E-state index is 0.00110. The fourth-order valence-electron chi connectivity index (χ4n) is 1.21. The zero-order chi connectivity index (χ0) is 13.3. The highest BCUT2D eigenvalue weighted by molar-refractivity contribution is 6.43. The fraction of sp³-hybridized carbons (Fsp3) is 0. The van der Waals surface area contributed by atoms with Crippen LogP contribution in [0.5, 0.6) is 11.6 Å². The molecule has 0 aliphatic heterocycles. The van der Waals surface area contributed by atoms with Gasteiger partial charge >= 0.3 is 0 Å². The van der Waals surface area contributed by atoms with Crippen molar-refractivity contribution in [1.29, 1.82) is 0 Å². The lowest BCUT2D eigenvalue weighted by Gasteiger charge is -2.08. The van der Waals surface area contributed by atoms with Crippen molar-refractivity contribution in [2.45, 2.75) is 0 Å². The van der Waals surface area contributed by atoms with Gasteiger partial charge in [0.2, 0.25) is 11.8 Å². The summed E-state index contributed by atoms with van der Waals surface area (Å²) in [5, 5.41) is 0.932. The molecule has 0 fully saturated rings. The molecule has 2 rings (SSSR count). The second-order valence-corrected chi connectivity index (χ2v) is 4.51. The van der Waals surface area contributed by atoms with Gasteiger partial charge in [-0.2, -0.15) is 9.97 Å². The molecule has 0 radical (unpaired) electrons. The van der Waals surface area contributed by atoms with Gasteiger partial charge in [-0.3, -0.25) is 0 Å². The van der Waals surface area contributed by atoms with Gasteiger partial charge in [0.25, 0.3) is 0 Å². The van der Waals surface area contributed by atoms with Crippen molar-refractivity contribution < 1.29 is 4.74 Å². The average Bonchev–Trinajstić information content (AvgIpc) is 2.24. The van der Waals surface area contributed by atoms with Crippen molar-refractivity contribution in [3.05, 3.63) is 33.3 Å². The Kier molecular flexibility index (Phi) is 3.65. The molecule has 0 saturated carbocycles. The Morgan fingerprint density at radius 1 is 0.889 bits per heavy atom. The van der Waals surface area contributed by atoms with Crippen LogP contribution in [-0.2, 0) is 0 Å². The molecule has 0 aliphatic carbocycles. The van der Waals surface area contributed by atoms with E-state index in [1.807, 2.05) is 0 Å². The third-order valence-electron chi connectivity index (χ3n) is 1.93. The first-order valence-electron chi connectivity index (χ1n) is 4.68. The standard InChI is InChI=1S/C10H7Cl3N4O/c11-4-1-6(13)7(2-5(4)12)18-9-3-8(14)16-10(15)17-9/h1-3H,(H4,14,15,16,17). The van der Waals surface area contributed by atoms with Gasteiger partial charge in [-0.15, -0.1) is 0 Å². The van der Waals surface area contributed by atoms with Crippen molar-refractivity contribution >= 4 is 46.6 Å². The lowest BCUT2D eigenvalue weighted by molar-refractivity contribution is 0.463. The Morgan fingerprint density at radius 3 is 2.22 bits per heavy atom. The van der Waals surface area contributed by atoms with Gasteiger partial charge in [-0.1, -0.05) is 34.8 Å². The summed E-state index contributed by atoms with van der Waals surface area (Å²) in [6, 6.07) is 4.35. The number of rotatable bonds is 2. The molecule has 2 aromatic rings. The van der Waals surface area contributed by atoms with Crippen LogP contribution in [0.1, 0.15) is 0 Å². The van der Waals surface area contributed by atoms with Crippen LogP contribution in [0, 0.1) is 0 Å². The summed E-state index contributed by atoms with van der Waals surface area (Å²) in [6.07, 6.45) is 0. The van der Waals surface area contributed by atoms with Gasteiger partial charge in [0, 0.05) is 12.1 Å². The molecule has 5 nitrogen and oxygen atoms in total. The third kappa shape index (κ3) is 2.87. The number of ether oxygens (including phenoxy) is 1. The highest BCUT2D eigenvalue weighted by Gasteiger charge is 2.10. The van der Waals surface area contributed by atoms with E-state index in [4.69, 9.17) is 51.0 Å². The predicted molar refractivity (Wildman–Crippen MR) is 72.4 cm³/mol. The molecule has 94 valence electrons. The van der Waals surface area contributed by atoms with Gasteiger partial charge in [-0.25, -0.2) is 0 Å². The molecule has 1 aromatic heterocycles. The van der Waals surface area contributed by atoms with E-state index in [9.17, 15) is 0 Å². The summed E-state index contributed by atoms with van der Waals surface area (Å²) in [7, 11) is 0. The van der Waals surface area contributed by atoms with E-state index in [0.29, 0.717) is 20.8 Å². The van der Waals surface area contributed by atoms with E-state index in [0.717, 1.165) is 0 Å². The van der Waals surface area contributed by atoms with Crippen LogP contribution in [0.2, 0.25) is 15.1 Å². The van der Waals surface area contributed by atoms with Crippen LogP contribution < -0.4 is 16.2 Å². The lowest BCUT2D eigenvalue weighted by atomic mass is 10.3. The zero-order valence-electron chi connectivity index (χ0n) is 8.82. The molecule has 0 bridgehead atoms. The fourth-order valence-corrected chi connectivity index (χ4v) is 1.78. The van der Waals surface area contributed by atoms with Gasteiger partial charge in [0.05, 0.1) is 15.1 Å². The van der Waals surface area contributed by atoms with E-state index in [2.05, 4.69) is 9.97 Å². The molecule has 0 aliphatic rings. The van der Waals surface area contributed by atoms with Crippen LogP contribution in [0.15, 0.2) is 18.2 Å². The Morgan fingerprint density at radius 2 is 1.56 bits per heavy atom. The van der Waals surface area contributed by atoms with E-state index in [-0.39, 0.29) is 17.6 Å². The first-order valence-corrected chi connectivity index (χ1v) is 5.81. The van der Waals surface area contributed by atoms with Crippen LogP contribution in [-0.4, -0.2) is 9.97 Å². The van der Waals surface area contributed by atoms with Crippen LogP contribution in [0.4, 0.5) is 11.8 Å². The Labute approximate surface area is 118 Å². The van der Waals surface area contributed by atoms with E-state index in [1.165, 1.54) is 18.2 Å². The monoisotopic (exact) mass is 304 g/mol. The first kappa shape index (κ1) is 13.0. The minimum atomic E-state index is 0.00110. The van der Waals surface area contributed by atoms with E-state index in [1.54, 1.807) is 0 Å². The molecule has 0 atom stereocenters. The summed E-state index contributed by atoms with van der Waals surface area (Å²) in [6.45, 7) is 0. The molecule has 18 heavy (non-hydrogen) atoms. The van der Waals surface area contributed by atoms with Crippen LogP contribution >= 0.6 is 34.8 Å². The maximum atomic E-state index is 5.96. The number of nitrogens with two attached hydrogens (primary N) is 2. The lowest BCUT2D eigenvalue weighted by Crippen LogP contribution is -2.01. The van der Waals surface area contributed by atoms with Gasteiger partial charge in [0.15, 0.2) is 0 Å². The molecule has 8 heteroatoms. The third-order valence-corrected chi connectivity index (χ3v) is 2.95. The second-order valence-electron chi connectivity index (χ2n) is 3.29. The maximum absolute atomic E-state index is 5.96. The number of halogens is 3. The summed E-state index contributed by atoms with van der Waals surface area (Å²) in [5.74, 6) is 0.652. The number of benzene rings is 1. The number of hydrogen-bond donors (Lipinski definition) is 2. The number of nitrogen functional groups attached to an aromatic ring is 2. The number of nitrogens with zero attached hydrogens (tertiary/aromatic N) is 2. The molecule has 0 amide bonds. The predicted octanol–water partition coefficient (Wildman–Crippen LogP) is 3.39. The molecule has 4 N–H and O–H groups in total. The normalized spacial score (nSPS) is 10.4. The van der Waals surface area contributed by atoms with Gasteiger partial charge in [0.1, 0.15) is 11.6 Å². The zero-order valence-corrected chi connectivity index (χ0v) is 11.1. The van der Waals surface area contributed by atoms with Crippen molar-refractivity contribution in [3.63, 3.8) is 0 Å². The first-order chi connectivity index (χ1) is 8.45. The highest BCUT2D eigenvalue weighted by Crippen LogP contribution is 2.36. The summed E-state index contributed by atoms with van der Waals surface area (Å²) in [5.41, 5.74) is 11.0. The Balaban J connectivity index is 2.36. The molecule has 0 unspecified atom stereocenters. The van der Waals surface area contributed by atoms with Crippen molar-refractivity contribution in [1.82, 2.24) is 9.97 Å². The van der Waals surface area contributed by atoms with Crippen LogP contribution in [0.25, 0.3) is 0 Å². The topological polar surface area (TPSA) is 87.0 Å². The molecule has 0 spiro atoms. The minimum Gasteiger partial charge on any atom is -0.437 e. The smallest absolute Gasteiger partial charge is 0.226 e. The number of aromatic nitrogens is 2. The second kappa shape index (κ2) is 5.06. The van der Waals surface area contributed by atoms with Crippen LogP contribution in [0.3, 0.4) is 0 Å². The Bertz CT molecular complexity index is 586. The molecule has 0 saturated heterocycles. The van der Waals surface area contributed by atoms with Crippen molar-refractivity contribution in [3.8, 4) is 11.6 Å². The Hall–Kier alpha value is -1.43. The summed E-state index contributed by atoms with van der Waals surface area (Å²) in [4.78, 5) is 7.57. The molecular weight excluding hydrogens is 298 g/mol. The van der Waals surface area contributed by atoms with E-state index >= 15 is 0 Å². The SMILES string of the molecule is Nc1cc(Oc2cc(Cl)c(Cl)cc2Cl)nc(N)n1.